The fourth-order valence-corrected chi connectivity index (χ4v) is 1.05. The molecular weight excluding hydrogens is 168 g/mol. The molecular formula is C9H18N2O2. The zero-order valence-corrected chi connectivity index (χ0v) is 8.62. The lowest BCUT2D eigenvalue weighted by Crippen LogP contribution is -2.39. The molecule has 0 fully saturated rings. The molecule has 0 atom stereocenters. The predicted octanol–water partition coefficient (Wildman–Crippen LogP) is -0.0145. The summed E-state index contributed by atoms with van der Waals surface area (Å²) in [7, 11) is 3.67. The van der Waals surface area contributed by atoms with E-state index in [1.807, 2.05) is 21.0 Å². The highest BCUT2D eigenvalue weighted by Gasteiger charge is 2.11. The Hall–Kier alpha value is -0.900. The molecule has 0 N–H and O–H groups in total. The second-order valence-electron chi connectivity index (χ2n) is 3.24. The molecule has 0 bridgehead atoms. The normalized spacial score (nSPS) is 10.2. The number of carbonyl (C=O) groups is 2. The van der Waals surface area contributed by atoms with Gasteiger partial charge in [0.15, 0.2) is 0 Å². The van der Waals surface area contributed by atoms with Crippen LogP contribution in [0.3, 0.4) is 0 Å². The third kappa shape index (κ3) is 5.36. The number of hydrogen-bond donors (Lipinski definition) is 0. The first kappa shape index (κ1) is 12.1. The monoisotopic (exact) mass is 186 g/mol. The maximum absolute atomic E-state index is 11.5. The smallest absolute Gasteiger partial charge is 0.237 e. The minimum absolute atomic E-state index is 0.0129. The van der Waals surface area contributed by atoms with Crippen LogP contribution in [0.25, 0.3) is 0 Å². The Morgan fingerprint density at radius 3 is 2.38 bits per heavy atom. The van der Waals surface area contributed by atoms with Crippen LogP contribution in [0.2, 0.25) is 0 Å². The van der Waals surface area contributed by atoms with Crippen molar-refractivity contribution in [2.45, 2.75) is 13.3 Å². The van der Waals surface area contributed by atoms with E-state index in [1.165, 1.54) is 0 Å². The average Bonchev–Trinajstić information content (AvgIpc) is 2.02. The average molecular weight is 186 g/mol. The first-order valence-corrected chi connectivity index (χ1v) is 4.48. The maximum atomic E-state index is 11.5. The fourth-order valence-electron chi connectivity index (χ4n) is 1.05. The van der Waals surface area contributed by atoms with E-state index in [4.69, 9.17) is 0 Å². The Morgan fingerprint density at radius 2 is 2.00 bits per heavy atom. The molecule has 0 rings (SSSR count). The van der Waals surface area contributed by atoms with Gasteiger partial charge in [0.25, 0.3) is 0 Å². The Bertz CT molecular complexity index is 169. The fraction of sp³-hybridized carbons (Fsp3) is 0.778. The Labute approximate surface area is 79.5 Å². The largest absolute Gasteiger partial charge is 0.335 e. The second kappa shape index (κ2) is 6.60. The molecule has 0 spiro atoms. The third-order valence-electron chi connectivity index (χ3n) is 1.59. The van der Waals surface area contributed by atoms with Crippen molar-refractivity contribution in [2.24, 2.45) is 0 Å². The Balaban J connectivity index is 4.02. The van der Waals surface area contributed by atoms with E-state index in [0.29, 0.717) is 13.1 Å². The van der Waals surface area contributed by atoms with Crippen molar-refractivity contribution < 1.29 is 9.59 Å². The number of nitrogens with zero attached hydrogens (tertiary/aromatic N) is 2. The highest BCUT2D eigenvalue weighted by atomic mass is 16.2. The van der Waals surface area contributed by atoms with Crippen LogP contribution in [0.1, 0.15) is 13.3 Å². The molecule has 76 valence electrons. The van der Waals surface area contributed by atoms with E-state index in [0.717, 1.165) is 12.7 Å². The molecule has 0 aromatic rings. The molecule has 4 nitrogen and oxygen atoms in total. The minimum Gasteiger partial charge on any atom is -0.335 e. The van der Waals surface area contributed by atoms with Crippen LogP contribution in [-0.4, -0.2) is 55.7 Å². The molecule has 4 heteroatoms. The van der Waals surface area contributed by atoms with Crippen molar-refractivity contribution in [3.05, 3.63) is 0 Å². The first-order chi connectivity index (χ1) is 6.11. The highest BCUT2D eigenvalue weighted by Crippen LogP contribution is 1.92. The van der Waals surface area contributed by atoms with E-state index in [2.05, 4.69) is 0 Å². The first-order valence-electron chi connectivity index (χ1n) is 4.48. The molecule has 0 saturated heterocycles. The molecule has 0 heterocycles. The van der Waals surface area contributed by atoms with Crippen LogP contribution in [0.4, 0.5) is 0 Å². The van der Waals surface area contributed by atoms with Crippen molar-refractivity contribution in [1.29, 1.82) is 0 Å². The summed E-state index contributed by atoms with van der Waals surface area (Å²) < 4.78 is 0. The van der Waals surface area contributed by atoms with Crippen molar-refractivity contribution in [3.63, 3.8) is 0 Å². The lowest BCUT2D eigenvalue weighted by Gasteiger charge is -2.21. The van der Waals surface area contributed by atoms with E-state index in [-0.39, 0.29) is 12.5 Å². The standard InChI is InChI=1S/C9H18N2O2/c1-4-5-11(6-7-12)9(13)8-10(2)3/h7H,4-6,8H2,1-3H3. The van der Waals surface area contributed by atoms with E-state index >= 15 is 0 Å². The predicted molar refractivity (Wildman–Crippen MR) is 51.5 cm³/mol. The van der Waals surface area contributed by atoms with Gasteiger partial charge in [0.1, 0.15) is 6.29 Å². The van der Waals surface area contributed by atoms with Crippen molar-refractivity contribution in [2.75, 3.05) is 33.7 Å². The summed E-state index contributed by atoms with van der Waals surface area (Å²) in [6, 6.07) is 0. The summed E-state index contributed by atoms with van der Waals surface area (Å²) in [6.45, 7) is 3.22. The zero-order valence-electron chi connectivity index (χ0n) is 8.62. The van der Waals surface area contributed by atoms with Crippen molar-refractivity contribution in [3.8, 4) is 0 Å². The van der Waals surface area contributed by atoms with Gasteiger partial charge in [-0.1, -0.05) is 6.92 Å². The van der Waals surface area contributed by atoms with Crippen LogP contribution in [0.15, 0.2) is 0 Å². The summed E-state index contributed by atoms with van der Waals surface area (Å²) in [5, 5.41) is 0. The van der Waals surface area contributed by atoms with Gasteiger partial charge in [0.05, 0.1) is 13.1 Å². The van der Waals surface area contributed by atoms with Gasteiger partial charge in [-0.05, 0) is 20.5 Å². The SMILES string of the molecule is CCCN(CC=O)C(=O)CN(C)C. The van der Waals surface area contributed by atoms with Crippen molar-refractivity contribution in [1.82, 2.24) is 9.80 Å². The number of rotatable bonds is 6. The second-order valence-corrected chi connectivity index (χ2v) is 3.24. The summed E-state index contributed by atoms with van der Waals surface area (Å²) >= 11 is 0. The summed E-state index contributed by atoms with van der Waals surface area (Å²) in [5.74, 6) is 0.0129. The topological polar surface area (TPSA) is 40.6 Å². The molecule has 13 heavy (non-hydrogen) atoms. The van der Waals surface area contributed by atoms with Gasteiger partial charge in [-0.15, -0.1) is 0 Å². The zero-order chi connectivity index (χ0) is 10.3. The molecule has 0 aliphatic carbocycles. The van der Waals surface area contributed by atoms with Gasteiger partial charge in [0, 0.05) is 6.54 Å². The number of carbonyl (C=O) groups excluding carboxylic acids is 2. The van der Waals surface area contributed by atoms with E-state index in [1.54, 1.807) is 9.80 Å². The molecule has 0 saturated carbocycles. The number of amides is 1. The van der Waals surface area contributed by atoms with Gasteiger partial charge >= 0.3 is 0 Å². The van der Waals surface area contributed by atoms with E-state index < -0.39 is 0 Å². The lowest BCUT2D eigenvalue weighted by atomic mass is 10.4. The number of hydrogen-bond acceptors (Lipinski definition) is 3. The van der Waals surface area contributed by atoms with Crippen LogP contribution in [0, 0.1) is 0 Å². The van der Waals surface area contributed by atoms with Gasteiger partial charge in [-0.2, -0.15) is 0 Å². The van der Waals surface area contributed by atoms with Gasteiger partial charge in [0.2, 0.25) is 5.91 Å². The highest BCUT2D eigenvalue weighted by molar-refractivity contribution is 5.80. The molecule has 0 aromatic carbocycles. The Kier molecular flexibility index (Phi) is 6.14. The lowest BCUT2D eigenvalue weighted by molar-refractivity contribution is -0.133. The molecule has 1 amide bonds. The van der Waals surface area contributed by atoms with Gasteiger partial charge in [-0.3, -0.25) is 4.79 Å². The van der Waals surface area contributed by atoms with E-state index in [9.17, 15) is 9.59 Å². The quantitative estimate of drug-likeness (QED) is 0.548. The Morgan fingerprint density at radius 1 is 1.38 bits per heavy atom. The molecule has 0 aromatic heterocycles. The molecule has 0 aliphatic rings. The molecule has 0 unspecified atom stereocenters. The maximum Gasteiger partial charge on any atom is 0.237 e. The summed E-state index contributed by atoms with van der Waals surface area (Å²) in [6.07, 6.45) is 1.65. The summed E-state index contributed by atoms with van der Waals surface area (Å²) in [4.78, 5) is 25.1. The van der Waals surface area contributed by atoms with Crippen LogP contribution in [-0.2, 0) is 9.59 Å². The third-order valence-corrected chi connectivity index (χ3v) is 1.59. The molecule has 0 radical (unpaired) electrons. The van der Waals surface area contributed by atoms with Crippen molar-refractivity contribution >= 4 is 12.2 Å². The molecule has 0 aliphatic heterocycles. The summed E-state index contributed by atoms with van der Waals surface area (Å²) in [5.41, 5.74) is 0. The number of likely N-dealkylation sites (N-methyl/N-ethyl adjacent to an activating group) is 1. The van der Waals surface area contributed by atoms with Gasteiger partial charge < -0.3 is 14.6 Å². The number of aldehydes is 1. The van der Waals surface area contributed by atoms with Crippen LogP contribution >= 0.6 is 0 Å². The van der Waals surface area contributed by atoms with Crippen LogP contribution < -0.4 is 0 Å². The van der Waals surface area contributed by atoms with Crippen LogP contribution in [0.5, 0.6) is 0 Å². The van der Waals surface area contributed by atoms with Gasteiger partial charge in [-0.25, -0.2) is 0 Å². The minimum atomic E-state index is 0.0129.